The lowest BCUT2D eigenvalue weighted by molar-refractivity contribution is -0.136. The number of nitrogens with zero attached hydrogens (tertiary/aromatic N) is 2. The summed E-state index contributed by atoms with van der Waals surface area (Å²) in [4.78, 5) is 25.9. The quantitative estimate of drug-likeness (QED) is 0.830. The number of ether oxygens (including phenoxy) is 1. The van der Waals surface area contributed by atoms with Crippen LogP contribution in [-0.2, 0) is 16.1 Å². The maximum Gasteiger partial charge on any atom is 0.250 e. The van der Waals surface area contributed by atoms with Crippen molar-refractivity contribution in [2.24, 2.45) is 5.41 Å². The van der Waals surface area contributed by atoms with E-state index < -0.39 is 0 Å². The summed E-state index contributed by atoms with van der Waals surface area (Å²) in [5, 5.41) is 9.75. The van der Waals surface area contributed by atoms with Crippen molar-refractivity contribution in [1.82, 2.24) is 9.47 Å². The zero-order chi connectivity index (χ0) is 16.0. The molecule has 6 nitrogen and oxygen atoms in total. The lowest BCUT2D eigenvalue weighted by atomic mass is 9.78. The third-order valence-corrected chi connectivity index (χ3v) is 4.39. The van der Waals surface area contributed by atoms with Crippen LogP contribution in [-0.4, -0.2) is 53.9 Å². The summed E-state index contributed by atoms with van der Waals surface area (Å²) in [6.07, 6.45) is 4.10. The van der Waals surface area contributed by atoms with E-state index in [1.165, 1.54) is 10.6 Å². The molecule has 1 aliphatic rings. The molecule has 0 bridgehead atoms. The molecule has 1 amide bonds. The third-order valence-electron chi connectivity index (χ3n) is 4.39. The summed E-state index contributed by atoms with van der Waals surface area (Å²) in [6, 6.07) is 4.84. The van der Waals surface area contributed by atoms with Gasteiger partial charge >= 0.3 is 0 Å². The summed E-state index contributed by atoms with van der Waals surface area (Å²) >= 11 is 0. The first-order chi connectivity index (χ1) is 10.6. The smallest absolute Gasteiger partial charge is 0.250 e. The Hall–Kier alpha value is -1.66. The first kappa shape index (κ1) is 16.7. The molecule has 0 aromatic carbocycles. The molecule has 0 radical (unpaired) electrons. The Labute approximate surface area is 130 Å². The van der Waals surface area contributed by atoms with E-state index in [9.17, 15) is 14.7 Å². The number of rotatable bonds is 6. The number of likely N-dealkylation sites (tertiary alicyclic amines) is 1. The monoisotopic (exact) mass is 308 g/mol. The summed E-state index contributed by atoms with van der Waals surface area (Å²) < 4.78 is 6.53. The number of hydrogen-bond acceptors (Lipinski definition) is 4. The second-order valence-corrected chi connectivity index (χ2v) is 5.99. The predicted octanol–water partition coefficient (Wildman–Crippen LogP) is 0.486. The van der Waals surface area contributed by atoms with E-state index in [0.29, 0.717) is 19.7 Å². The van der Waals surface area contributed by atoms with Crippen molar-refractivity contribution in [3.63, 3.8) is 0 Å². The topological polar surface area (TPSA) is 71.8 Å². The van der Waals surface area contributed by atoms with E-state index in [0.717, 1.165) is 19.3 Å². The van der Waals surface area contributed by atoms with Crippen molar-refractivity contribution in [3.05, 3.63) is 34.7 Å². The molecule has 0 unspecified atom stereocenters. The molecule has 1 aromatic rings. The van der Waals surface area contributed by atoms with E-state index in [-0.39, 0.29) is 30.0 Å². The van der Waals surface area contributed by atoms with Gasteiger partial charge in [0.15, 0.2) is 0 Å². The van der Waals surface area contributed by atoms with Crippen LogP contribution in [0, 0.1) is 5.41 Å². The standard InChI is InChI=1S/C16H24N2O4/c1-22-10-7-16(13-19)6-4-9-18(12-16)15(21)11-17-8-3-2-5-14(17)20/h2-3,5,8,19H,4,6-7,9-13H2,1H3/t16-/m0/s1. The Balaban J connectivity index is 2.03. The fourth-order valence-corrected chi connectivity index (χ4v) is 2.99. The van der Waals surface area contributed by atoms with Crippen LogP contribution in [0.4, 0.5) is 0 Å². The number of aliphatic hydroxyl groups excluding tert-OH is 1. The Morgan fingerprint density at radius 3 is 2.95 bits per heavy atom. The number of carbonyl (C=O) groups excluding carboxylic acids is 1. The molecule has 6 heteroatoms. The van der Waals surface area contributed by atoms with Crippen LogP contribution in [0.5, 0.6) is 0 Å². The van der Waals surface area contributed by atoms with E-state index in [4.69, 9.17) is 4.74 Å². The number of hydrogen-bond donors (Lipinski definition) is 1. The Morgan fingerprint density at radius 1 is 1.45 bits per heavy atom. The predicted molar refractivity (Wildman–Crippen MR) is 82.5 cm³/mol. The Kier molecular flexibility index (Phi) is 5.74. The van der Waals surface area contributed by atoms with Crippen LogP contribution in [0.25, 0.3) is 0 Å². The van der Waals surface area contributed by atoms with E-state index in [1.54, 1.807) is 30.3 Å². The van der Waals surface area contributed by atoms with Crippen LogP contribution in [0.3, 0.4) is 0 Å². The zero-order valence-electron chi connectivity index (χ0n) is 13.0. The molecule has 2 rings (SSSR count). The van der Waals surface area contributed by atoms with Gasteiger partial charge < -0.3 is 19.3 Å². The van der Waals surface area contributed by atoms with Crippen molar-refractivity contribution in [2.75, 3.05) is 33.4 Å². The first-order valence-corrected chi connectivity index (χ1v) is 7.63. The van der Waals surface area contributed by atoms with Gasteiger partial charge in [-0.2, -0.15) is 0 Å². The Morgan fingerprint density at radius 2 is 2.27 bits per heavy atom. The number of amides is 1. The van der Waals surface area contributed by atoms with Crippen molar-refractivity contribution < 1.29 is 14.6 Å². The van der Waals surface area contributed by atoms with Crippen molar-refractivity contribution >= 4 is 5.91 Å². The van der Waals surface area contributed by atoms with Crippen molar-refractivity contribution in [2.45, 2.75) is 25.8 Å². The molecule has 0 aliphatic carbocycles. The summed E-state index contributed by atoms with van der Waals surface area (Å²) in [5.74, 6) is -0.0803. The number of aliphatic hydroxyl groups is 1. The minimum Gasteiger partial charge on any atom is -0.396 e. The maximum atomic E-state index is 12.5. The minimum atomic E-state index is -0.286. The van der Waals surface area contributed by atoms with Gasteiger partial charge in [0.2, 0.25) is 5.91 Å². The summed E-state index contributed by atoms with van der Waals surface area (Å²) in [5.41, 5.74) is -0.466. The molecule has 1 aromatic heterocycles. The molecule has 1 aliphatic heterocycles. The van der Waals surface area contributed by atoms with E-state index in [2.05, 4.69) is 0 Å². The van der Waals surface area contributed by atoms with E-state index in [1.807, 2.05) is 0 Å². The van der Waals surface area contributed by atoms with E-state index >= 15 is 0 Å². The second kappa shape index (κ2) is 7.56. The van der Waals surface area contributed by atoms with Crippen LogP contribution in [0.1, 0.15) is 19.3 Å². The SMILES string of the molecule is COCC[C@@]1(CO)CCCN(C(=O)Cn2ccccc2=O)C1. The van der Waals surface area contributed by atoms with Crippen LogP contribution < -0.4 is 5.56 Å². The largest absolute Gasteiger partial charge is 0.396 e. The van der Waals surface area contributed by atoms with Gasteiger partial charge in [-0.05, 0) is 25.3 Å². The molecule has 1 saturated heterocycles. The molecule has 0 saturated carbocycles. The maximum absolute atomic E-state index is 12.5. The van der Waals surface area contributed by atoms with Gasteiger partial charge in [0.1, 0.15) is 6.54 Å². The van der Waals surface area contributed by atoms with Crippen LogP contribution >= 0.6 is 0 Å². The normalized spacial score (nSPS) is 21.8. The average Bonchev–Trinajstić information content (AvgIpc) is 2.55. The molecule has 22 heavy (non-hydrogen) atoms. The number of aromatic nitrogens is 1. The third kappa shape index (κ3) is 3.96. The molecule has 1 N–H and O–H groups in total. The number of pyridine rings is 1. The first-order valence-electron chi connectivity index (χ1n) is 7.63. The van der Waals surface area contributed by atoms with Gasteiger partial charge in [-0.15, -0.1) is 0 Å². The molecule has 0 spiro atoms. The van der Waals surface area contributed by atoms with Crippen molar-refractivity contribution in [1.29, 1.82) is 0 Å². The molecule has 1 atom stereocenters. The lowest BCUT2D eigenvalue weighted by Crippen LogP contribution is -2.49. The molecular weight excluding hydrogens is 284 g/mol. The number of carbonyl (C=O) groups is 1. The lowest BCUT2D eigenvalue weighted by Gasteiger charge is -2.42. The summed E-state index contributed by atoms with van der Waals surface area (Å²) in [6.45, 7) is 1.86. The zero-order valence-corrected chi connectivity index (χ0v) is 13.0. The highest BCUT2D eigenvalue weighted by molar-refractivity contribution is 5.76. The number of methoxy groups -OCH3 is 1. The van der Waals surface area contributed by atoms with Gasteiger partial charge in [0, 0.05) is 44.5 Å². The highest BCUT2D eigenvalue weighted by Gasteiger charge is 2.36. The summed E-state index contributed by atoms with van der Waals surface area (Å²) in [7, 11) is 1.64. The fraction of sp³-hybridized carbons (Fsp3) is 0.625. The molecule has 2 heterocycles. The Bertz CT molecular complexity index is 557. The highest BCUT2D eigenvalue weighted by atomic mass is 16.5. The minimum absolute atomic E-state index is 0.0470. The van der Waals surface area contributed by atoms with Gasteiger partial charge in [0.25, 0.3) is 5.56 Å². The fourth-order valence-electron chi connectivity index (χ4n) is 2.99. The second-order valence-electron chi connectivity index (χ2n) is 5.99. The van der Waals surface area contributed by atoms with Gasteiger partial charge in [0.05, 0.1) is 6.61 Å². The highest BCUT2D eigenvalue weighted by Crippen LogP contribution is 2.33. The van der Waals surface area contributed by atoms with Crippen LogP contribution in [0.2, 0.25) is 0 Å². The van der Waals surface area contributed by atoms with Gasteiger partial charge in [-0.1, -0.05) is 6.07 Å². The average molecular weight is 308 g/mol. The molecular formula is C16H24N2O4. The van der Waals surface area contributed by atoms with Crippen molar-refractivity contribution in [3.8, 4) is 0 Å². The number of piperidine rings is 1. The molecule has 122 valence electrons. The van der Waals surface area contributed by atoms with Gasteiger partial charge in [-0.3, -0.25) is 9.59 Å². The van der Waals surface area contributed by atoms with Gasteiger partial charge in [-0.25, -0.2) is 0 Å². The molecule has 1 fully saturated rings. The van der Waals surface area contributed by atoms with Crippen LogP contribution in [0.15, 0.2) is 29.2 Å².